The summed E-state index contributed by atoms with van der Waals surface area (Å²) >= 11 is 7.13. The van der Waals surface area contributed by atoms with E-state index < -0.39 is 0 Å². The van der Waals surface area contributed by atoms with Crippen LogP contribution in [0.2, 0.25) is 0 Å². The van der Waals surface area contributed by atoms with E-state index in [1.165, 1.54) is 11.8 Å². The summed E-state index contributed by atoms with van der Waals surface area (Å²) in [5.41, 5.74) is 3.40. The molecule has 0 amide bonds. The molecular formula is C11H14BrFN2S2. The van der Waals surface area contributed by atoms with Crippen LogP contribution >= 0.6 is 39.5 Å². The Morgan fingerprint density at radius 3 is 2.94 bits per heavy atom. The second-order valence-electron chi connectivity index (χ2n) is 3.79. The molecule has 94 valence electrons. The van der Waals surface area contributed by atoms with Gasteiger partial charge in [-0.3, -0.25) is 11.3 Å². The first kappa shape index (κ1) is 13.7. The molecule has 17 heavy (non-hydrogen) atoms. The van der Waals surface area contributed by atoms with E-state index in [4.69, 9.17) is 5.84 Å². The predicted molar refractivity (Wildman–Crippen MR) is 77.7 cm³/mol. The van der Waals surface area contributed by atoms with Gasteiger partial charge in [0.2, 0.25) is 0 Å². The van der Waals surface area contributed by atoms with Gasteiger partial charge in [-0.1, -0.05) is 15.9 Å². The molecular weight excluding hydrogens is 323 g/mol. The highest BCUT2D eigenvalue weighted by Crippen LogP contribution is 2.34. The fourth-order valence-electron chi connectivity index (χ4n) is 1.85. The van der Waals surface area contributed by atoms with Gasteiger partial charge >= 0.3 is 0 Å². The molecule has 0 spiro atoms. The molecule has 1 aromatic carbocycles. The number of nitrogens with two attached hydrogens (primary N) is 1. The van der Waals surface area contributed by atoms with Gasteiger partial charge in [-0.25, -0.2) is 4.39 Å². The molecule has 2 nitrogen and oxygen atoms in total. The molecule has 1 aliphatic rings. The summed E-state index contributed by atoms with van der Waals surface area (Å²) in [6, 6.07) is 4.85. The Morgan fingerprint density at radius 1 is 1.47 bits per heavy atom. The molecule has 2 unspecified atom stereocenters. The molecule has 0 aromatic heterocycles. The van der Waals surface area contributed by atoms with Gasteiger partial charge in [-0.2, -0.15) is 23.5 Å². The van der Waals surface area contributed by atoms with Crippen molar-refractivity contribution >= 4 is 39.5 Å². The third-order valence-electron chi connectivity index (χ3n) is 2.69. The molecule has 2 rings (SSSR count). The van der Waals surface area contributed by atoms with Gasteiger partial charge in [0.25, 0.3) is 0 Å². The van der Waals surface area contributed by atoms with E-state index in [0.717, 1.165) is 16.0 Å². The van der Waals surface area contributed by atoms with Gasteiger partial charge < -0.3 is 0 Å². The quantitative estimate of drug-likeness (QED) is 0.657. The lowest BCUT2D eigenvalue weighted by molar-refractivity contribution is 0.511. The van der Waals surface area contributed by atoms with E-state index in [9.17, 15) is 4.39 Å². The molecule has 0 radical (unpaired) electrons. The van der Waals surface area contributed by atoms with Crippen molar-refractivity contribution in [2.45, 2.75) is 11.3 Å². The Balaban J connectivity index is 2.24. The third-order valence-corrected chi connectivity index (χ3v) is 6.04. The van der Waals surface area contributed by atoms with Crippen LogP contribution in [0.5, 0.6) is 0 Å². The minimum Gasteiger partial charge on any atom is -0.271 e. The van der Waals surface area contributed by atoms with Crippen molar-refractivity contribution in [2.24, 2.45) is 5.84 Å². The van der Waals surface area contributed by atoms with Crippen LogP contribution in [0.25, 0.3) is 0 Å². The number of rotatable bonds is 3. The zero-order valence-electron chi connectivity index (χ0n) is 9.16. The molecule has 1 fully saturated rings. The van der Waals surface area contributed by atoms with Crippen LogP contribution in [0, 0.1) is 5.82 Å². The molecule has 3 N–H and O–H groups in total. The van der Waals surface area contributed by atoms with Crippen molar-refractivity contribution in [1.82, 2.24) is 5.43 Å². The third kappa shape index (κ3) is 3.38. The van der Waals surface area contributed by atoms with Crippen molar-refractivity contribution in [3.05, 3.63) is 34.1 Å². The maximum atomic E-state index is 13.8. The Hall–Kier alpha value is 0.250. The minimum atomic E-state index is -0.202. The van der Waals surface area contributed by atoms with Crippen LogP contribution in [0.4, 0.5) is 4.39 Å². The lowest BCUT2D eigenvalue weighted by atomic mass is 10.0. The highest BCUT2D eigenvalue weighted by atomic mass is 79.9. The minimum absolute atomic E-state index is 0.134. The highest BCUT2D eigenvalue weighted by Gasteiger charge is 2.27. The van der Waals surface area contributed by atoms with Gasteiger partial charge in [-0.05, 0) is 18.2 Å². The van der Waals surface area contributed by atoms with Crippen LogP contribution in [0.15, 0.2) is 22.7 Å². The average Bonchev–Trinajstić information content (AvgIpc) is 2.36. The maximum Gasteiger partial charge on any atom is 0.128 e. The number of hydrazine groups is 1. The highest BCUT2D eigenvalue weighted by molar-refractivity contribution is 9.10. The average molecular weight is 337 g/mol. The SMILES string of the molecule is NNC(c1cc(Br)ccc1F)C1CSCCS1. The van der Waals surface area contributed by atoms with E-state index in [1.54, 1.807) is 12.1 Å². The van der Waals surface area contributed by atoms with Crippen molar-refractivity contribution < 1.29 is 4.39 Å². The summed E-state index contributed by atoms with van der Waals surface area (Å²) in [7, 11) is 0. The van der Waals surface area contributed by atoms with Crippen molar-refractivity contribution in [1.29, 1.82) is 0 Å². The van der Waals surface area contributed by atoms with Crippen LogP contribution in [0.1, 0.15) is 11.6 Å². The van der Waals surface area contributed by atoms with Crippen LogP contribution < -0.4 is 11.3 Å². The fourth-order valence-corrected chi connectivity index (χ4v) is 5.07. The van der Waals surface area contributed by atoms with E-state index in [1.807, 2.05) is 23.5 Å². The Bertz CT molecular complexity index is 386. The summed E-state index contributed by atoms with van der Waals surface area (Å²) in [5, 5.41) is 0.322. The molecule has 1 aromatic rings. The lowest BCUT2D eigenvalue weighted by Gasteiger charge is -2.29. The van der Waals surface area contributed by atoms with E-state index in [2.05, 4.69) is 21.4 Å². The molecule has 0 saturated carbocycles. The number of halogens is 2. The molecule has 0 bridgehead atoms. The summed E-state index contributed by atoms with van der Waals surface area (Å²) in [4.78, 5) is 0. The van der Waals surface area contributed by atoms with E-state index in [-0.39, 0.29) is 11.9 Å². The van der Waals surface area contributed by atoms with E-state index >= 15 is 0 Å². The smallest absolute Gasteiger partial charge is 0.128 e. The van der Waals surface area contributed by atoms with Gasteiger partial charge in [0.1, 0.15) is 5.82 Å². The maximum absolute atomic E-state index is 13.8. The number of nitrogens with one attached hydrogen (secondary N) is 1. The number of hydrogen-bond acceptors (Lipinski definition) is 4. The summed E-state index contributed by atoms with van der Waals surface area (Å²) < 4.78 is 14.7. The fraction of sp³-hybridized carbons (Fsp3) is 0.455. The second kappa shape index (κ2) is 6.43. The Labute approximate surface area is 117 Å². The summed E-state index contributed by atoms with van der Waals surface area (Å²) in [6.45, 7) is 0. The van der Waals surface area contributed by atoms with Gasteiger partial charge in [0.15, 0.2) is 0 Å². The molecule has 1 aliphatic heterocycles. The van der Waals surface area contributed by atoms with Gasteiger partial charge in [0.05, 0.1) is 6.04 Å². The number of thioether (sulfide) groups is 2. The lowest BCUT2D eigenvalue weighted by Crippen LogP contribution is -2.38. The molecule has 6 heteroatoms. The van der Waals surface area contributed by atoms with Crippen molar-refractivity contribution in [3.8, 4) is 0 Å². The van der Waals surface area contributed by atoms with Crippen LogP contribution in [-0.2, 0) is 0 Å². The molecule has 0 aliphatic carbocycles. The van der Waals surface area contributed by atoms with Gasteiger partial charge in [-0.15, -0.1) is 0 Å². The first-order chi connectivity index (χ1) is 8.22. The van der Waals surface area contributed by atoms with E-state index in [0.29, 0.717) is 10.8 Å². The molecule has 1 heterocycles. The zero-order chi connectivity index (χ0) is 12.3. The monoisotopic (exact) mass is 336 g/mol. The topological polar surface area (TPSA) is 38.0 Å². The Morgan fingerprint density at radius 2 is 2.29 bits per heavy atom. The zero-order valence-corrected chi connectivity index (χ0v) is 12.4. The van der Waals surface area contributed by atoms with Gasteiger partial charge in [0, 0.05) is 32.5 Å². The molecule has 2 atom stereocenters. The van der Waals surface area contributed by atoms with Crippen molar-refractivity contribution in [3.63, 3.8) is 0 Å². The van der Waals surface area contributed by atoms with Crippen LogP contribution in [0.3, 0.4) is 0 Å². The number of benzene rings is 1. The first-order valence-corrected chi connectivity index (χ1v) is 8.32. The first-order valence-electron chi connectivity index (χ1n) is 5.33. The summed E-state index contributed by atoms with van der Waals surface area (Å²) in [6.07, 6.45) is 0. The largest absolute Gasteiger partial charge is 0.271 e. The molecule has 1 saturated heterocycles. The van der Waals surface area contributed by atoms with Crippen molar-refractivity contribution in [2.75, 3.05) is 17.3 Å². The standard InChI is InChI=1S/C11H14BrFN2S2/c12-7-1-2-9(13)8(5-7)11(15-14)10-6-16-3-4-17-10/h1-2,5,10-11,15H,3-4,6,14H2. The predicted octanol–water partition coefficient (Wildman–Crippen LogP) is 2.94. The summed E-state index contributed by atoms with van der Waals surface area (Å²) in [5.74, 6) is 8.67. The number of hydrogen-bond donors (Lipinski definition) is 2. The Kier molecular flexibility index (Phi) is 5.17. The van der Waals surface area contributed by atoms with Crippen LogP contribution in [-0.4, -0.2) is 22.5 Å². The second-order valence-corrected chi connectivity index (χ2v) is 7.21. The normalized spacial score (nSPS) is 22.4.